The zero-order valence-electron chi connectivity index (χ0n) is 11.9. The molecule has 3 N–H and O–H groups in total. The Kier molecular flexibility index (Phi) is 7.59. The van der Waals surface area contributed by atoms with Crippen molar-refractivity contribution in [2.75, 3.05) is 7.05 Å². The topological polar surface area (TPSA) is 78.4 Å². The SMILES string of the molecule is CCCC(O)(CCC)CC(=O)N[C@H](C)C(=O)NC. The average Bonchev–Trinajstić information content (AvgIpc) is 2.27. The molecule has 0 bridgehead atoms. The first-order valence-corrected chi connectivity index (χ1v) is 6.61. The highest BCUT2D eigenvalue weighted by Crippen LogP contribution is 2.23. The van der Waals surface area contributed by atoms with E-state index in [-0.39, 0.29) is 18.2 Å². The molecule has 0 saturated carbocycles. The Morgan fingerprint density at radius 2 is 1.72 bits per heavy atom. The van der Waals surface area contributed by atoms with Crippen molar-refractivity contribution >= 4 is 11.8 Å². The second kappa shape index (κ2) is 8.08. The lowest BCUT2D eigenvalue weighted by atomic mass is 9.89. The second-order valence-electron chi connectivity index (χ2n) is 4.80. The lowest BCUT2D eigenvalue weighted by Crippen LogP contribution is -2.46. The van der Waals surface area contributed by atoms with Crippen molar-refractivity contribution in [2.45, 2.75) is 64.5 Å². The van der Waals surface area contributed by atoms with Crippen LogP contribution in [0.15, 0.2) is 0 Å². The molecular formula is C13H26N2O3. The van der Waals surface area contributed by atoms with Gasteiger partial charge < -0.3 is 15.7 Å². The molecule has 106 valence electrons. The molecule has 0 aromatic rings. The minimum atomic E-state index is -0.948. The molecule has 18 heavy (non-hydrogen) atoms. The molecule has 0 aliphatic rings. The van der Waals surface area contributed by atoms with Crippen LogP contribution >= 0.6 is 0 Å². The van der Waals surface area contributed by atoms with Gasteiger partial charge in [-0.15, -0.1) is 0 Å². The van der Waals surface area contributed by atoms with E-state index in [4.69, 9.17) is 0 Å². The number of hydrogen-bond donors (Lipinski definition) is 3. The van der Waals surface area contributed by atoms with Gasteiger partial charge in [0, 0.05) is 7.05 Å². The van der Waals surface area contributed by atoms with Crippen LogP contribution in [0, 0.1) is 0 Å². The molecule has 0 heterocycles. The molecule has 0 radical (unpaired) electrons. The molecule has 0 aliphatic carbocycles. The van der Waals surface area contributed by atoms with E-state index in [0.29, 0.717) is 12.8 Å². The third kappa shape index (κ3) is 6.00. The van der Waals surface area contributed by atoms with Crippen molar-refractivity contribution in [3.8, 4) is 0 Å². The van der Waals surface area contributed by atoms with Crippen molar-refractivity contribution in [2.24, 2.45) is 0 Å². The van der Waals surface area contributed by atoms with E-state index in [2.05, 4.69) is 10.6 Å². The van der Waals surface area contributed by atoms with Gasteiger partial charge in [0.15, 0.2) is 0 Å². The standard InChI is InChI=1S/C13H26N2O3/c1-5-7-13(18,8-6-2)9-11(16)15-10(3)12(17)14-4/h10,18H,5-9H2,1-4H3,(H,14,17)(H,15,16)/t10-/m1/s1. The summed E-state index contributed by atoms with van der Waals surface area (Å²) in [5.74, 6) is -0.520. The van der Waals surface area contributed by atoms with Crippen LogP contribution in [0.25, 0.3) is 0 Å². The number of nitrogens with one attached hydrogen (secondary N) is 2. The minimum Gasteiger partial charge on any atom is -0.389 e. The summed E-state index contributed by atoms with van der Waals surface area (Å²) < 4.78 is 0. The highest BCUT2D eigenvalue weighted by molar-refractivity contribution is 5.87. The van der Waals surface area contributed by atoms with Crippen molar-refractivity contribution in [1.29, 1.82) is 0 Å². The molecule has 1 atom stereocenters. The fraction of sp³-hybridized carbons (Fsp3) is 0.846. The maximum Gasteiger partial charge on any atom is 0.242 e. The molecule has 0 spiro atoms. The van der Waals surface area contributed by atoms with Crippen LogP contribution in [-0.2, 0) is 9.59 Å². The third-order valence-corrected chi connectivity index (χ3v) is 2.94. The normalized spacial score (nSPS) is 12.9. The third-order valence-electron chi connectivity index (χ3n) is 2.94. The molecule has 5 nitrogen and oxygen atoms in total. The summed E-state index contributed by atoms with van der Waals surface area (Å²) in [5.41, 5.74) is -0.948. The summed E-state index contributed by atoms with van der Waals surface area (Å²) in [4.78, 5) is 23.1. The predicted octanol–water partition coefficient (Wildman–Crippen LogP) is 0.958. The maximum atomic E-state index is 11.8. The van der Waals surface area contributed by atoms with E-state index in [1.165, 1.54) is 7.05 Å². The molecule has 0 saturated heterocycles. The fourth-order valence-corrected chi connectivity index (χ4v) is 2.11. The summed E-state index contributed by atoms with van der Waals surface area (Å²) in [6.07, 6.45) is 2.91. The van der Waals surface area contributed by atoms with Crippen molar-refractivity contribution in [1.82, 2.24) is 10.6 Å². The second-order valence-corrected chi connectivity index (χ2v) is 4.80. The molecule has 2 amide bonds. The van der Waals surface area contributed by atoms with Crippen LogP contribution < -0.4 is 10.6 Å². The molecule has 0 rings (SSSR count). The molecule has 0 aliphatic heterocycles. The Morgan fingerprint density at radius 3 is 2.11 bits per heavy atom. The summed E-state index contributed by atoms with van der Waals surface area (Å²) in [7, 11) is 1.52. The van der Waals surface area contributed by atoms with Gasteiger partial charge in [0.1, 0.15) is 6.04 Å². The summed E-state index contributed by atoms with van der Waals surface area (Å²) >= 11 is 0. The van der Waals surface area contributed by atoms with Crippen LogP contribution in [0.5, 0.6) is 0 Å². The Balaban J connectivity index is 4.38. The minimum absolute atomic E-state index is 0.0516. The van der Waals surface area contributed by atoms with Gasteiger partial charge >= 0.3 is 0 Å². The van der Waals surface area contributed by atoms with Gasteiger partial charge in [-0.05, 0) is 19.8 Å². The number of carbonyl (C=O) groups is 2. The number of rotatable bonds is 8. The van der Waals surface area contributed by atoms with Crippen LogP contribution in [0.4, 0.5) is 0 Å². The molecule has 0 fully saturated rings. The zero-order chi connectivity index (χ0) is 14.2. The van der Waals surface area contributed by atoms with E-state index in [1.54, 1.807) is 6.92 Å². The smallest absolute Gasteiger partial charge is 0.242 e. The lowest BCUT2D eigenvalue weighted by molar-refractivity contribution is -0.131. The Labute approximate surface area is 109 Å². The number of hydrogen-bond acceptors (Lipinski definition) is 3. The van der Waals surface area contributed by atoms with Gasteiger partial charge in [-0.1, -0.05) is 26.7 Å². The highest BCUT2D eigenvalue weighted by Gasteiger charge is 2.29. The van der Waals surface area contributed by atoms with Crippen molar-refractivity contribution in [3.05, 3.63) is 0 Å². The molecule has 5 heteroatoms. The highest BCUT2D eigenvalue weighted by atomic mass is 16.3. The molecule has 0 aromatic carbocycles. The van der Waals surface area contributed by atoms with E-state index in [0.717, 1.165) is 12.8 Å². The number of likely N-dealkylation sites (N-methyl/N-ethyl adjacent to an activating group) is 1. The molecule has 0 unspecified atom stereocenters. The first-order valence-electron chi connectivity index (χ1n) is 6.61. The fourth-order valence-electron chi connectivity index (χ4n) is 2.11. The largest absolute Gasteiger partial charge is 0.389 e. The molecule has 0 aromatic heterocycles. The van der Waals surface area contributed by atoms with Gasteiger partial charge in [-0.25, -0.2) is 0 Å². The van der Waals surface area contributed by atoms with E-state index in [9.17, 15) is 14.7 Å². The lowest BCUT2D eigenvalue weighted by Gasteiger charge is -2.27. The van der Waals surface area contributed by atoms with E-state index >= 15 is 0 Å². The van der Waals surface area contributed by atoms with Gasteiger partial charge in [0.25, 0.3) is 0 Å². The maximum absolute atomic E-state index is 11.8. The van der Waals surface area contributed by atoms with Gasteiger partial charge in [-0.2, -0.15) is 0 Å². The predicted molar refractivity (Wildman–Crippen MR) is 71.1 cm³/mol. The first-order chi connectivity index (χ1) is 8.38. The van der Waals surface area contributed by atoms with E-state index < -0.39 is 11.6 Å². The Bertz CT molecular complexity index is 273. The van der Waals surface area contributed by atoms with Crippen molar-refractivity contribution < 1.29 is 14.7 Å². The Morgan fingerprint density at radius 1 is 1.22 bits per heavy atom. The van der Waals surface area contributed by atoms with Gasteiger partial charge in [0.2, 0.25) is 11.8 Å². The van der Waals surface area contributed by atoms with E-state index in [1.807, 2.05) is 13.8 Å². The van der Waals surface area contributed by atoms with Crippen LogP contribution in [0.1, 0.15) is 52.9 Å². The van der Waals surface area contributed by atoms with Gasteiger partial charge in [-0.3, -0.25) is 9.59 Å². The van der Waals surface area contributed by atoms with Crippen LogP contribution in [-0.4, -0.2) is 35.6 Å². The quantitative estimate of drug-likeness (QED) is 0.607. The van der Waals surface area contributed by atoms with Crippen LogP contribution in [0.3, 0.4) is 0 Å². The number of amides is 2. The number of carbonyl (C=O) groups excluding carboxylic acids is 2. The van der Waals surface area contributed by atoms with Gasteiger partial charge in [0.05, 0.1) is 12.0 Å². The zero-order valence-corrected chi connectivity index (χ0v) is 11.9. The first kappa shape index (κ1) is 16.9. The Hall–Kier alpha value is -1.10. The molecular weight excluding hydrogens is 232 g/mol. The average molecular weight is 258 g/mol. The van der Waals surface area contributed by atoms with Crippen LogP contribution in [0.2, 0.25) is 0 Å². The summed E-state index contributed by atoms with van der Waals surface area (Å²) in [6.45, 7) is 5.58. The monoisotopic (exact) mass is 258 g/mol. The van der Waals surface area contributed by atoms with Crippen molar-refractivity contribution in [3.63, 3.8) is 0 Å². The summed E-state index contributed by atoms with van der Waals surface area (Å²) in [6, 6.07) is -0.574. The number of aliphatic hydroxyl groups is 1. The summed E-state index contributed by atoms with van der Waals surface area (Å²) in [5, 5.41) is 15.4.